The Kier molecular flexibility index (Phi) is 7.41. The summed E-state index contributed by atoms with van der Waals surface area (Å²) in [5, 5.41) is 0. The summed E-state index contributed by atoms with van der Waals surface area (Å²) in [5.41, 5.74) is 0. The number of hydrogen-bond acceptors (Lipinski definition) is 2. The number of hydrogen-bond donors (Lipinski definition) is 0. The van der Waals surface area contributed by atoms with Crippen molar-refractivity contribution in [3.8, 4) is 0 Å². The number of nitrogens with zero attached hydrogens (tertiary/aromatic N) is 1. The Morgan fingerprint density at radius 2 is 2.00 bits per heavy atom. The van der Waals surface area contributed by atoms with Gasteiger partial charge < -0.3 is 9.64 Å². The SMILES string of the molecule is CCCCOCCN1CCC(CCl)CC1. The van der Waals surface area contributed by atoms with Crippen molar-refractivity contribution in [3.63, 3.8) is 0 Å². The summed E-state index contributed by atoms with van der Waals surface area (Å²) < 4.78 is 5.56. The van der Waals surface area contributed by atoms with Gasteiger partial charge in [0.2, 0.25) is 0 Å². The van der Waals surface area contributed by atoms with E-state index in [9.17, 15) is 0 Å². The molecule has 15 heavy (non-hydrogen) atoms. The third kappa shape index (κ3) is 5.74. The summed E-state index contributed by atoms with van der Waals surface area (Å²) in [6.45, 7) is 7.52. The molecule has 1 saturated heterocycles. The minimum atomic E-state index is 0.754. The monoisotopic (exact) mass is 233 g/mol. The number of likely N-dealkylation sites (tertiary alicyclic amines) is 1. The summed E-state index contributed by atoms with van der Waals surface area (Å²) >= 11 is 5.85. The molecule has 1 aliphatic rings. The molecule has 0 bridgehead atoms. The summed E-state index contributed by atoms with van der Waals surface area (Å²) in [6.07, 6.45) is 4.94. The molecule has 0 unspecified atom stereocenters. The predicted molar refractivity (Wildman–Crippen MR) is 65.6 cm³/mol. The van der Waals surface area contributed by atoms with Crippen molar-refractivity contribution >= 4 is 11.6 Å². The van der Waals surface area contributed by atoms with E-state index in [1.165, 1.54) is 38.8 Å². The van der Waals surface area contributed by atoms with Crippen LogP contribution >= 0.6 is 11.6 Å². The van der Waals surface area contributed by atoms with Crippen LogP contribution in [-0.4, -0.2) is 43.6 Å². The highest BCUT2D eigenvalue weighted by atomic mass is 35.5. The molecule has 1 aliphatic heterocycles. The Labute approximate surface area is 98.9 Å². The van der Waals surface area contributed by atoms with E-state index < -0.39 is 0 Å². The van der Waals surface area contributed by atoms with Gasteiger partial charge in [-0.2, -0.15) is 0 Å². The molecular formula is C12H24ClNO. The maximum absolute atomic E-state index is 5.85. The van der Waals surface area contributed by atoms with Gasteiger partial charge in [-0.05, 0) is 38.3 Å². The van der Waals surface area contributed by atoms with Crippen LogP contribution in [0.1, 0.15) is 32.6 Å². The highest BCUT2D eigenvalue weighted by molar-refractivity contribution is 6.18. The van der Waals surface area contributed by atoms with Gasteiger partial charge in [0.25, 0.3) is 0 Å². The van der Waals surface area contributed by atoms with Gasteiger partial charge in [-0.25, -0.2) is 0 Å². The molecule has 0 aliphatic carbocycles. The molecule has 0 spiro atoms. The fourth-order valence-electron chi connectivity index (χ4n) is 1.91. The first-order chi connectivity index (χ1) is 7.36. The van der Waals surface area contributed by atoms with Crippen LogP contribution < -0.4 is 0 Å². The minimum Gasteiger partial charge on any atom is -0.380 e. The van der Waals surface area contributed by atoms with Crippen LogP contribution in [0.15, 0.2) is 0 Å². The van der Waals surface area contributed by atoms with Crippen molar-refractivity contribution in [3.05, 3.63) is 0 Å². The van der Waals surface area contributed by atoms with Gasteiger partial charge in [0.05, 0.1) is 6.61 Å². The molecule has 1 heterocycles. The van der Waals surface area contributed by atoms with Crippen LogP contribution in [0.25, 0.3) is 0 Å². The lowest BCUT2D eigenvalue weighted by Crippen LogP contribution is -2.36. The Morgan fingerprint density at radius 1 is 1.27 bits per heavy atom. The molecule has 0 radical (unpaired) electrons. The van der Waals surface area contributed by atoms with Crippen molar-refractivity contribution in [1.29, 1.82) is 0 Å². The maximum Gasteiger partial charge on any atom is 0.0593 e. The van der Waals surface area contributed by atoms with Crippen LogP contribution in [0.4, 0.5) is 0 Å². The second-order valence-corrected chi connectivity index (χ2v) is 4.71. The van der Waals surface area contributed by atoms with Gasteiger partial charge in [0.15, 0.2) is 0 Å². The fraction of sp³-hybridized carbons (Fsp3) is 1.00. The quantitative estimate of drug-likeness (QED) is 0.495. The lowest BCUT2D eigenvalue weighted by atomic mass is 9.99. The van der Waals surface area contributed by atoms with Gasteiger partial charge in [0.1, 0.15) is 0 Å². The van der Waals surface area contributed by atoms with E-state index in [1.807, 2.05) is 0 Å². The van der Waals surface area contributed by atoms with E-state index in [1.54, 1.807) is 0 Å². The predicted octanol–water partition coefficient (Wildman–Crippen LogP) is 2.75. The number of piperidine rings is 1. The molecule has 0 aromatic heterocycles. The molecule has 0 saturated carbocycles. The van der Waals surface area contributed by atoms with Crippen LogP contribution in [0, 0.1) is 5.92 Å². The normalized spacial score (nSPS) is 19.6. The van der Waals surface area contributed by atoms with Crippen molar-refractivity contribution < 1.29 is 4.74 Å². The van der Waals surface area contributed by atoms with Gasteiger partial charge in [-0.3, -0.25) is 0 Å². The number of ether oxygens (including phenoxy) is 1. The summed E-state index contributed by atoms with van der Waals surface area (Å²) in [4.78, 5) is 2.50. The Hall–Kier alpha value is 0.210. The number of alkyl halides is 1. The van der Waals surface area contributed by atoms with Crippen LogP contribution in [0.3, 0.4) is 0 Å². The summed E-state index contributed by atoms with van der Waals surface area (Å²) in [7, 11) is 0. The summed E-state index contributed by atoms with van der Waals surface area (Å²) in [6, 6.07) is 0. The van der Waals surface area contributed by atoms with Gasteiger partial charge in [0, 0.05) is 19.0 Å². The first kappa shape index (κ1) is 13.3. The molecule has 90 valence electrons. The first-order valence-electron chi connectivity index (χ1n) is 6.23. The van der Waals surface area contributed by atoms with E-state index in [0.717, 1.165) is 31.6 Å². The van der Waals surface area contributed by atoms with E-state index in [4.69, 9.17) is 16.3 Å². The van der Waals surface area contributed by atoms with E-state index in [0.29, 0.717) is 0 Å². The molecule has 0 amide bonds. The van der Waals surface area contributed by atoms with Crippen LogP contribution in [0.5, 0.6) is 0 Å². The Bertz CT molecular complexity index is 147. The second-order valence-electron chi connectivity index (χ2n) is 4.41. The standard InChI is InChI=1S/C12H24ClNO/c1-2-3-9-15-10-8-14-6-4-12(11-13)5-7-14/h12H,2-11H2,1H3. The highest BCUT2D eigenvalue weighted by Crippen LogP contribution is 2.17. The average Bonchev–Trinajstić information content (AvgIpc) is 2.30. The van der Waals surface area contributed by atoms with Crippen molar-refractivity contribution in [1.82, 2.24) is 4.90 Å². The molecular weight excluding hydrogens is 210 g/mol. The zero-order chi connectivity index (χ0) is 10.9. The third-order valence-electron chi connectivity index (χ3n) is 3.12. The lowest BCUT2D eigenvalue weighted by Gasteiger charge is -2.30. The lowest BCUT2D eigenvalue weighted by molar-refractivity contribution is 0.0886. The van der Waals surface area contributed by atoms with Crippen molar-refractivity contribution in [2.75, 3.05) is 38.7 Å². The van der Waals surface area contributed by atoms with Gasteiger partial charge >= 0.3 is 0 Å². The van der Waals surface area contributed by atoms with Crippen LogP contribution in [-0.2, 0) is 4.74 Å². The highest BCUT2D eigenvalue weighted by Gasteiger charge is 2.17. The molecule has 0 N–H and O–H groups in total. The topological polar surface area (TPSA) is 12.5 Å². The first-order valence-corrected chi connectivity index (χ1v) is 6.76. The zero-order valence-corrected chi connectivity index (χ0v) is 10.6. The molecule has 0 aromatic carbocycles. The van der Waals surface area contributed by atoms with Crippen LogP contribution in [0.2, 0.25) is 0 Å². The Morgan fingerprint density at radius 3 is 2.60 bits per heavy atom. The number of halogens is 1. The number of unbranched alkanes of at least 4 members (excludes halogenated alkanes) is 1. The minimum absolute atomic E-state index is 0.754. The molecule has 1 rings (SSSR count). The largest absolute Gasteiger partial charge is 0.380 e. The molecule has 0 aromatic rings. The van der Waals surface area contributed by atoms with Crippen molar-refractivity contribution in [2.24, 2.45) is 5.92 Å². The summed E-state index contributed by atoms with van der Waals surface area (Å²) in [5.74, 6) is 1.59. The van der Waals surface area contributed by atoms with Gasteiger partial charge in [-0.1, -0.05) is 13.3 Å². The Balaban J connectivity index is 1.94. The van der Waals surface area contributed by atoms with E-state index in [-0.39, 0.29) is 0 Å². The molecule has 0 atom stereocenters. The average molecular weight is 234 g/mol. The third-order valence-corrected chi connectivity index (χ3v) is 3.56. The smallest absolute Gasteiger partial charge is 0.0593 e. The van der Waals surface area contributed by atoms with Crippen molar-refractivity contribution in [2.45, 2.75) is 32.6 Å². The fourth-order valence-corrected chi connectivity index (χ4v) is 2.22. The molecule has 1 fully saturated rings. The second kappa shape index (κ2) is 8.37. The van der Waals surface area contributed by atoms with Gasteiger partial charge in [-0.15, -0.1) is 11.6 Å². The zero-order valence-electron chi connectivity index (χ0n) is 9.88. The number of rotatable bonds is 7. The molecule has 3 heteroatoms. The van der Waals surface area contributed by atoms with E-state index in [2.05, 4.69) is 11.8 Å². The molecule has 2 nitrogen and oxygen atoms in total. The van der Waals surface area contributed by atoms with E-state index >= 15 is 0 Å². The maximum atomic E-state index is 5.85.